The summed E-state index contributed by atoms with van der Waals surface area (Å²) < 4.78 is 0. The molecule has 0 atom stereocenters. The zero-order valence-corrected chi connectivity index (χ0v) is 8.59. The number of rotatable bonds is 0. The first kappa shape index (κ1) is 11.8. The first-order valence-corrected chi connectivity index (χ1v) is 4.03. The lowest BCUT2D eigenvalue weighted by Crippen LogP contribution is -1.87. The van der Waals surface area contributed by atoms with E-state index in [9.17, 15) is 0 Å². The average molecular weight is 223 g/mol. The predicted molar refractivity (Wildman–Crippen MR) is 60.1 cm³/mol. The van der Waals surface area contributed by atoms with E-state index in [0.29, 0.717) is 0 Å². The highest BCUT2D eigenvalue weighted by molar-refractivity contribution is 8.04. The lowest BCUT2D eigenvalue weighted by molar-refractivity contribution is 1.41. The van der Waals surface area contributed by atoms with Crippen molar-refractivity contribution in [2.24, 2.45) is 9.98 Å². The first-order chi connectivity index (χ1) is 4.97. The van der Waals surface area contributed by atoms with Gasteiger partial charge in [-0.2, -0.15) is 0 Å². The number of allylic oxidation sites excluding steroid dienone is 3. The molecule has 12 heavy (non-hydrogen) atoms. The average Bonchev–Trinajstić information content (AvgIpc) is 2.28. The van der Waals surface area contributed by atoms with E-state index >= 15 is 0 Å². The van der Waals surface area contributed by atoms with Gasteiger partial charge in [0.1, 0.15) is 0 Å². The standard InChI is InChI=1S/C7H6N2S.2ClH/c1-3-8-4-2-7-6(1)9-5-10-7;;/h1-4H,5H2;2*1H. The van der Waals surface area contributed by atoms with Gasteiger partial charge in [0.15, 0.2) is 0 Å². The Morgan fingerprint density at radius 3 is 3.00 bits per heavy atom. The highest BCUT2D eigenvalue weighted by Gasteiger charge is 2.10. The molecule has 2 heterocycles. The zero-order valence-electron chi connectivity index (χ0n) is 6.14. The van der Waals surface area contributed by atoms with Gasteiger partial charge in [0.2, 0.25) is 0 Å². The Morgan fingerprint density at radius 1 is 1.33 bits per heavy atom. The molecule has 0 unspecified atom stereocenters. The molecule has 0 saturated heterocycles. The van der Waals surface area contributed by atoms with Crippen LogP contribution in [0.2, 0.25) is 0 Å². The highest BCUT2D eigenvalue weighted by atomic mass is 35.5. The van der Waals surface area contributed by atoms with Crippen LogP contribution in [-0.4, -0.2) is 17.8 Å². The molecule has 5 heteroatoms. The fraction of sp³-hybridized carbons (Fsp3) is 0.143. The van der Waals surface area contributed by atoms with Crippen molar-refractivity contribution in [2.45, 2.75) is 0 Å². The molecule has 0 aromatic carbocycles. The molecule has 0 fully saturated rings. The van der Waals surface area contributed by atoms with Crippen molar-refractivity contribution in [3.8, 4) is 0 Å². The van der Waals surface area contributed by atoms with E-state index in [4.69, 9.17) is 0 Å². The van der Waals surface area contributed by atoms with E-state index in [1.54, 1.807) is 24.2 Å². The van der Waals surface area contributed by atoms with Crippen LogP contribution in [0.4, 0.5) is 0 Å². The van der Waals surface area contributed by atoms with Crippen LogP contribution in [0.5, 0.6) is 0 Å². The molecule has 0 aliphatic carbocycles. The zero-order chi connectivity index (χ0) is 6.81. The van der Waals surface area contributed by atoms with E-state index in [2.05, 4.69) is 9.98 Å². The fourth-order valence-electron chi connectivity index (χ4n) is 0.866. The van der Waals surface area contributed by atoms with Gasteiger partial charge in [-0.1, -0.05) is 0 Å². The largest absolute Gasteiger partial charge is 0.273 e. The summed E-state index contributed by atoms with van der Waals surface area (Å²) in [6.45, 7) is 0. The van der Waals surface area contributed by atoms with Crippen LogP contribution in [0.1, 0.15) is 0 Å². The van der Waals surface area contributed by atoms with Gasteiger partial charge in [-0.3, -0.25) is 9.98 Å². The summed E-state index contributed by atoms with van der Waals surface area (Å²) in [5.74, 6) is 0.860. The van der Waals surface area contributed by atoms with Crippen molar-refractivity contribution in [3.05, 3.63) is 23.3 Å². The van der Waals surface area contributed by atoms with Crippen molar-refractivity contribution >= 4 is 48.5 Å². The molecule has 2 rings (SSSR count). The number of thioether (sulfide) groups is 1. The number of hydrogen-bond acceptors (Lipinski definition) is 3. The molecular formula is C7H8Cl2N2S. The van der Waals surface area contributed by atoms with Crippen LogP contribution in [0.25, 0.3) is 0 Å². The third-order valence-corrected chi connectivity index (χ3v) is 2.25. The van der Waals surface area contributed by atoms with Crippen LogP contribution < -0.4 is 0 Å². The second-order valence-corrected chi connectivity index (χ2v) is 2.95. The van der Waals surface area contributed by atoms with Gasteiger partial charge in [-0.25, -0.2) is 0 Å². The Bertz CT molecular complexity index is 269. The lowest BCUT2D eigenvalue weighted by atomic mass is 10.3. The summed E-state index contributed by atoms with van der Waals surface area (Å²) in [6, 6.07) is 0. The molecule has 0 aromatic heterocycles. The van der Waals surface area contributed by atoms with Gasteiger partial charge in [-0.15, -0.1) is 36.6 Å². The van der Waals surface area contributed by atoms with Gasteiger partial charge in [0.05, 0.1) is 11.6 Å². The van der Waals surface area contributed by atoms with Gasteiger partial charge < -0.3 is 0 Å². The second kappa shape index (κ2) is 5.41. The predicted octanol–water partition coefficient (Wildman–Crippen LogP) is 2.46. The Hall–Kier alpha value is -0.250. The van der Waals surface area contributed by atoms with Crippen molar-refractivity contribution in [1.82, 2.24) is 0 Å². The van der Waals surface area contributed by atoms with Crippen LogP contribution in [0, 0.1) is 0 Å². The SMILES string of the molecule is C1=CC2=NCSC2=CC=N1.Cl.Cl. The third-order valence-electron chi connectivity index (χ3n) is 1.34. The smallest absolute Gasteiger partial charge is 0.0898 e. The summed E-state index contributed by atoms with van der Waals surface area (Å²) in [5, 5.41) is 0. The first-order valence-electron chi connectivity index (χ1n) is 3.04. The van der Waals surface area contributed by atoms with E-state index in [0.717, 1.165) is 11.6 Å². The summed E-state index contributed by atoms with van der Waals surface area (Å²) in [5.41, 5.74) is 1.07. The minimum Gasteiger partial charge on any atom is -0.273 e. The molecule has 0 aromatic rings. The van der Waals surface area contributed by atoms with Crippen LogP contribution >= 0.6 is 36.6 Å². The Labute approximate surface area is 87.8 Å². The molecule has 2 aliphatic heterocycles. The molecule has 0 amide bonds. The maximum Gasteiger partial charge on any atom is 0.0898 e. The molecule has 0 saturated carbocycles. The molecule has 2 aliphatic rings. The normalized spacial score (nSPS) is 18.0. The van der Waals surface area contributed by atoms with E-state index in [1.165, 1.54) is 4.91 Å². The minimum absolute atomic E-state index is 0. The molecule has 2 nitrogen and oxygen atoms in total. The maximum atomic E-state index is 4.26. The van der Waals surface area contributed by atoms with Crippen LogP contribution in [-0.2, 0) is 0 Å². The van der Waals surface area contributed by atoms with Crippen molar-refractivity contribution < 1.29 is 0 Å². The molecular weight excluding hydrogens is 215 g/mol. The molecule has 0 N–H and O–H groups in total. The van der Waals surface area contributed by atoms with Gasteiger partial charge in [-0.05, 0) is 12.2 Å². The number of halogens is 2. The topological polar surface area (TPSA) is 24.7 Å². The maximum absolute atomic E-state index is 4.26. The number of nitrogens with zero attached hydrogens (tertiary/aromatic N) is 2. The molecule has 0 bridgehead atoms. The highest BCUT2D eigenvalue weighted by Crippen LogP contribution is 2.25. The fourth-order valence-corrected chi connectivity index (χ4v) is 1.65. The van der Waals surface area contributed by atoms with Crippen molar-refractivity contribution in [3.63, 3.8) is 0 Å². The summed E-state index contributed by atoms with van der Waals surface area (Å²) in [7, 11) is 0. The van der Waals surface area contributed by atoms with Gasteiger partial charge >= 0.3 is 0 Å². The molecule has 0 radical (unpaired) electrons. The molecule has 66 valence electrons. The van der Waals surface area contributed by atoms with Crippen LogP contribution in [0.15, 0.2) is 33.2 Å². The Morgan fingerprint density at radius 2 is 2.17 bits per heavy atom. The minimum atomic E-state index is 0. The summed E-state index contributed by atoms with van der Waals surface area (Å²) in [4.78, 5) is 9.47. The summed E-state index contributed by atoms with van der Waals surface area (Å²) >= 11 is 1.75. The third kappa shape index (κ3) is 2.37. The Kier molecular flexibility index (Phi) is 5.29. The van der Waals surface area contributed by atoms with E-state index in [-0.39, 0.29) is 24.8 Å². The second-order valence-electron chi connectivity index (χ2n) is 1.96. The van der Waals surface area contributed by atoms with Crippen molar-refractivity contribution in [2.75, 3.05) is 5.88 Å². The molecule has 0 spiro atoms. The quantitative estimate of drug-likeness (QED) is 0.619. The Balaban J connectivity index is 0.000000605. The number of hydrogen-bond donors (Lipinski definition) is 0. The summed E-state index contributed by atoms with van der Waals surface area (Å²) in [6.07, 6.45) is 7.51. The van der Waals surface area contributed by atoms with Crippen LogP contribution in [0.3, 0.4) is 0 Å². The monoisotopic (exact) mass is 222 g/mol. The van der Waals surface area contributed by atoms with Crippen molar-refractivity contribution in [1.29, 1.82) is 0 Å². The van der Waals surface area contributed by atoms with Gasteiger partial charge in [0.25, 0.3) is 0 Å². The lowest BCUT2D eigenvalue weighted by Gasteiger charge is -1.89. The number of fused-ring (bicyclic) bond motifs is 1. The van der Waals surface area contributed by atoms with E-state index < -0.39 is 0 Å². The number of aliphatic imine (C=N–C) groups is 2. The van der Waals surface area contributed by atoms with E-state index in [1.807, 2.05) is 12.2 Å². The van der Waals surface area contributed by atoms with Gasteiger partial charge in [0, 0.05) is 17.3 Å².